The molecule has 0 radical (unpaired) electrons. The molecule has 0 aromatic heterocycles. The van der Waals surface area contributed by atoms with E-state index in [0.717, 1.165) is 24.0 Å². The van der Waals surface area contributed by atoms with Crippen molar-refractivity contribution in [1.82, 2.24) is 10.2 Å². The van der Waals surface area contributed by atoms with Gasteiger partial charge in [-0.2, -0.15) is 0 Å². The van der Waals surface area contributed by atoms with E-state index >= 15 is 0 Å². The summed E-state index contributed by atoms with van der Waals surface area (Å²) in [5.74, 6) is 0.249. The Morgan fingerprint density at radius 2 is 1.56 bits per heavy atom. The maximum Gasteiger partial charge on any atom is 0.226 e. The molecule has 1 aliphatic heterocycles. The Morgan fingerprint density at radius 3 is 2.19 bits per heavy atom. The molecule has 4 heteroatoms. The van der Waals surface area contributed by atoms with Crippen LogP contribution < -0.4 is 5.32 Å². The Balaban J connectivity index is 1.45. The van der Waals surface area contributed by atoms with Crippen LogP contribution in [0, 0.1) is 19.8 Å². The molecule has 1 saturated heterocycles. The van der Waals surface area contributed by atoms with Crippen molar-refractivity contribution in [3.8, 4) is 0 Å². The maximum atomic E-state index is 12.5. The van der Waals surface area contributed by atoms with Crippen LogP contribution >= 0.6 is 0 Å². The molecule has 27 heavy (non-hydrogen) atoms. The van der Waals surface area contributed by atoms with E-state index in [1.54, 1.807) is 0 Å². The molecular formula is C23H28N2O2. The number of hydrogen-bond acceptors (Lipinski definition) is 2. The molecule has 2 amide bonds. The van der Waals surface area contributed by atoms with Gasteiger partial charge < -0.3 is 10.2 Å². The Labute approximate surface area is 161 Å². The molecule has 0 unspecified atom stereocenters. The van der Waals surface area contributed by atoms with Crippen LogP contribution in [0.2, 0.25) is 0 Å². The minimum absolute atomic E-state index is 0.00201. The van der Waals surface area contributed by atoms with Gasteiger partial charge in [-0.05, 0) is 37.8 Å². The summed E-state index contributed by atoms with van der Waals surface area (Å²) >= 11 is 0. The second kappa shape index (κ2) is 8.85. The molecule has 0 spiro atoms. The van der Waals surface area contributed by atoms with Crippen molar-refractivity contribution in [2.24, 2.45) is 5.92 Å². The van der Waals surface area contributed by atoms with Gasteiger partial charge in [-0.3, -0.25) is 9.59 Å². The summed E-state index contributed by atoms with van der Waals surface area (Å²) in [6.45, 7) is 5.97. The third-order valence-electron chi connectivity index (χ3n) is 5.21. The van der Waals surface area contributed by atoms with Gasteiger partial charge >= 0.3 is 0 Å². The van der Waals surface area contributed by atoms with Crippen LogP contribution in [0.3, 0.4) is 0 Å². The van der Waals surface area contributed by atoms with Gasteiger partial charge in [0, 0.05) is 25.6 Å². The first kappa shape index (κ1) is 19.2. The molecule has 0 saturated carbocycles. The topological polar surface area (TPSA) is 49.4 Å². The van der Waals surface area contributed by atoms with Crippen LogP contribution in [-0.2, 0) is 22.6 Å². The minimum Gasteiger partial charge on any atom is -0.352 e. The van der Waals surface area contributed by atoms with Gasteiger partial charge in [-0.15, -0.1) is 0 Å². The molecule has 142 valence electrons. The Kier molecular flexibility index (Phi) is 6.28. The SMILES string of the molecule is Cc1cccc(CNC(=O)C2CCN(C(=O)Cc3cccc(C)c3)CC2)c1. The summed E-state index contributed by atoms with van der Waals surface area (Å²) in [6.07, 6.45) is 1.91. The number of carbonyl (C=O) groups is 2. The number of hydrogen-bond donors (Lipinski definition) is 1. The number of amides is 2. The molecule has 1 N–H and O–H groups in total. The molecule has 4 nitrogen and oxygen atoms in total. The lowest BCUT2D eigenvalue weighted by Gasteiger charge is -2.31. The zero-order chi connectivity index (χ0) is 19.2. The first-order valence-electron chi connectivity index (χ1n) is 9.68. The highest BCUT2D eigenvalue weighted by molar-refractivity contribution is 5.81. The monoisotopic (exact) mass is 364 g/mol. The Morgan fingerprint density at radius 1 is 0.963 bits per heavy atom. The molecule has 1 aliphatic rings. The fourth-order valence-electron chi connectivity index (χ4n) is 3.66. The van der Waals surface area contributed by atoms with E-state index in [-0.39, 0.29) is 17.7 Å². The van der Waals surface area contributed by atoms with E-state index in [1.807, 2.05) is 42.2 Å². The highest BCUT2D eigenvalue weighted by atomic mass is 16.2. The number of likely N-dealkylation sites (tertiary alicyclic amines) is 1. The van der Waals surface area contributed by atoms with Crippen molar-refractivity contribution >= 4 is 11.8 Å². The van der Waals surface area contributed by atoms with Crippen molar-refractivity contribution in [1.29, 1.82) is 0 Å². The minimum atomic E-state index is -0.00201. The van der Waals surface area contributed by atoms with Gasteiger partial charge in [-0.25, -0.2) is 0 Å². The molecule has 3 rings (SSSR count). The normalized spacial score (nSPS) is 14.8. The van der Waals surface area contributed by atoms with Crippen molar-refractivity contribution in [3.05, 3.63) is 70.8 Å². The summed E-state index contributed by atoms with van der Waals surface area (Å²) < 4.78 is 0. The molecular weight excluding hydrogens is 336 g/mol. The predicted octanol–water partition coefficient (Wildman–Crippen LogP) is 3.40. The largest absolute Gasteiger partial charge is 0.352 e. The summed E-state index contributed by atoms with van der Waals surface area (Å²) in [5.41, 5.74) is 4.54. The van der Waals surface area contributed by atoms with E-state index in [1.165, 1.54) is 11.1 Å². The van der Waals surface area contributed by atoms with E-state index in [9.17, 15) is 9.59 Å². The standard InChI is InChI=1S/C23H28N2O2/c1-17-5-3-7-19(13-17)15-22(26)25-11-9-21(10-12-25)23(27)24-16-20-8-4-6-18(2)14-20/h3-8,13-14,21H,9-12,15-16H2,1-2H3,(H,24,27). The first-order valence-corrected chi connectivity index (χ1v) is 9.68. The van der Waals surface area contributed by atoms with E-state index in [4.69, 9.17) is 0 Å². The highest BCUT2D eigenvalue weighted by Crippen LogP contribution is 2.19. The number of nitrogens with one attached hydrogen (secondary N) is 1. The number of aryl methyl sites for hydroxylation is 2. The number of rotatable bonds is 5. The average molecular weight is 364 g/mol. The van der Waals surface area contributed by atoms with Gasteiger partial charge in [0.1, 0.15) is 0 Å². The first-order chi connectivity index (χ1) is 13.0. The molecule has 2 aromatic rings. The Bertz CT molecular complexity index is 808. The molecule has 0 aliphatic carbocycles. The molecule has 0 atom stereocenters. The van der Waals surface area contributed by atoms with Crippen molar-refractivity contribution in [2.45, 2.75) is 39.7 Å². The fourth-order valence-corrected chi connectivity index (χ4v) is 3.66. The zero-order valence-electron chi connectivity index (χ0n) is 16.2. The summed E-state index contributed by atoms with van der Waals surface area (Å²) in [7, 11) is 0. The average Bonchev–Trinajstić information content (AvgIpc) is 2.66. The molecule has 0 bridgehead atoms. The van der Waals surface area contributed by atoms with Crippen molar-refractivity contribution < 1.29 is 9.59 Å². The van der Waals surface area contributed by atoms with Crippen LogP contribution in [0.1, 0.15) is 35.1 Å². The molecule has 1 fully saturated rings. The lowest BCUT2D eigenvalue weighted by molar-refractivity contribution is -0.135. The van der Waals surface area contributed by atoms with Crippen LogP contribution in [0.5, 0.6) is 0 Å². The van der Waals surface area contributed by atoms with Crippen LogP contribution in [0.15, 0.2) is 48.5 Å². The number of nitrogens with zero attached hydrogens (tertiary/aromatic N) is 1. The summed E-state index contributed by atoms with van der Waals surface area (Å²) in [4.78, 5) is 26.9. The summed E-state index contributed by atoms with van der Waals surface area (Å²) in [6, 6.07) is 16.3. The highest BCUT2D eigenvalue weighted by Gasteiger charge is 2.27. The predicted molar refractivity (Wildman–Crippen MR) is 107 cm³/mol. The quantitative estimate of drug-likeness (QED) is 0.884. The number of benzene rings is 2. The van der Waals surface area contributed by atoms with Gasteiger partial charge in [0.25, 0.3) is 0 Å². The van der Waals surface area contributed by atoms with E-state index < -0.39 is 0 Å². The number of carbonyl (C=O) groups excluding carboxylic acids is 2. The van der Waals surface area contributed by atoms with Crippen LogP contribution in [-0.4, -0.2) is 29.8 Å². The van der Waals surface area contributed by atoms with Crippen LogP contribution in [0.25, 0.3) is 0 Å². The number of piperidine rings is 1. The molecule has 2 aromatic carbocycles. The lowest BCUT2D eigenvalue weighted by atomic mass is 9.95. The van der Waals surface area contributed by atoms with E-state index in [2.05, 4.69) is 30.4 Å². The van der Waals surface area contributed by atoms with Crippen LogP contribution in [0.4, 0.5) is 0 Å². The summed E-state index contributed by atoms with van der Waals surface area (Å²) in [5, 5.41) is 3.04. The van der Waals surface area contributed by atoms with Gasteiger partial charge in [0.2, 0.25) is 11.8 Å². The maximum absolute atomic E-state index is 12.5. The van der Waals surface area contributed by atoms with Gasteiger partial charge in [0.05, 0.1) is 6.42 Å². The smallest absolute Gasteiger partial charge is 0.226 e. The second-order valence-corrected chi connectivity index (χ2v) is 7.53. The van der Waals surface area contributed by atoms with Gasteiger partial charge in [-0.1, -0.05) is 59.7 Å². The van der Waals surface area contributed by atoms with Gasteiger partial charge in [0.15, 0.2) is 0 Å². The molecule has 1 heterocycles. The third kappa shape index (κ3) is 5.43. The zero-order valence-corrected chi connectivity index (χ0v) is 16.2. The van der Waals surface area contributed by atoms with Crippen molar-refractivity contribution in [3.63, 3.8) is 0 Å². The lowest BCUT2D eigenvalue weighted by Crippen LogP contribution is -2.43. The fraction of sp³-hybridized carbons (Fsp3) is 0.391. The second-order valence-electron chi connectivity index (χ2n) is 7.53. The third-order valence-corrected chi connectivity index (χ3v) is 5.21. The Hall–Kier alpha value is -2.62. The van der Waals surface area contributed by atoms with E-state index in [0.29, 0.717) is 26.1 Å². The van der Waals surface area contributed by atoms with Crippen molar-refractivity contribution in [2.75, 3.05) is 13.1 Å².